The summed E-state index contributed by atoms with van der Waals surface area (Å²) in [5.41, 5.74) is 1.04. The lowest BCUT2D eigenvalue weighted by Gasteiger charge is -2.19. The molecule has 2 amide bonds. The fourth-order valence-electron chi connectivity index (χ4n) is 1.91. The molecule has 3 N–H and O–H groups in total. The molecule has 0 aliphatic carbocycles. The Hall–Kier alpha value is -1.26. The summed E-state index contributed by atoms with van der Waals surface area (Å²) in [5, 5.41) is 15.3. The molecule has 0 heterocycles. The van der Waals surface area contributed by atoms with E-state index in [1.54, 1.807) is 0 Å². The average Bonchev–Trinajstić information content (AvgIpc) is 2.44. The smallest absolute Gasteiger partial charge is 0.315 e. The summed E-state index contributed by atoms with van der Waals surface area (Å²) in [6, 6.07) is 7.28. The minimum absolute atomic E-state index is 0.0274. The highest BCUT2D eigenvalue weighted by Gasteiger charge is 2.13. The predicted molar refractivity (Wildman–Crippen MR) is 81.9 cm³/mol. The van der Waals surface area contributed by atoms with Gasteiger partial charge in [-0.1, -0.05) is 37.6 Å². The van der Waals surface area contributed by atoms with Crippen molar-refractivity contribution in [2.24, 2.45) is 5.92 Å². The Morgan fingerprint density at radius 3 is 2.55 bits per heavy atom. The molecule has 4 nitrogen and oxygen atoms in total. The number of amides is 2. The van der Waals surface area contributed by atoms with Gasteiger partial charge in [0, 0.05) is 18.2 Å². The number of urea groups is 1. The van der Waals surface area contributed by atoms with Crippen molar-refractivity contribution < 1.29 is 9.90 Å². The van der Waals surface area contributed by atoms with Crippen LogP contribution < -0.4 is 10.6 Å². The summed E-state index contributed by atoms with van der Waals surface area (Å²) in [5.74, 6) is 0.265. The van der Waals surface area contributed by atoms with E-state index in [2.05, 4.69) is 10.6 Å². The highest BCUT2D eigenvalue weighted by Crippen LogP contribution is 2.18. The first kappa shape index (κ1) is 16.8. The topological polar surface area (TPSA) is 61.4 Å². The molecule has 1 rings (SSSR count). The van der Waals surface area contributed by atoms with Gasteiger partial charge in [-0.3, -0.25) is 0 Å². The summed E-state index contributed by atoms with van der Waals surface area (Å²) in [6.07, 6.45) is 1.50. The van der Waals surface area contributed by atoms with Crippen molar-refractivity contribution in [1.82, 2.24) is 10.6 Å². The number of hydrogen-bond acceptors (Lipinski definition) is 2. The maximum Gasteiger partial charge on any atom is 0.315 e. The molecular weight excluding hydrogens is 276 g/mol. The van der Waals surface area contributed by atoms with Gasteiger partial charge in [0.1, 0.15) is 0 Å². The molecule has 20 heavy (non-hydrogen) atoms. The summed E-state index contributed by atoms with van der Waals surface area (Å²) in [7, 11) is 0. The van der Waals surface area contributed by atoms with E-state index in [0.29, 0.717) is 18.0 Å². The van der Waals surface area contributed by atoms with Gasteiger partial charge in [0.15, 0.2) is 0 Å². The summed E-state index contributed by atoms with van der Waals surface area (Å²) >= 11 is 5.86. The Kier molecular flexibility index (Phi) is 7.41. The lowest BCUT2D eigenvalue weighted by atomic mass is 10.1. The Labute approximate surface area is 125 Å². The minimum Gasteiger partial charge on any atom is -0.396 e. The molecular formula is C15H23ClN2O2. The lowest BCUT2D eigenvalue weighted by molar-refractivity contribution is 0.230. The van der Waals surface area contributed by atoms with E-state index in [1.165, 1.54) is 0 Å². The van der Waals surface area contributed by atoms with Crippen LogP contribution in [0, 0.1) is 5.92 Å². The summed E-state index contributed by atoms with van der Waals surface area (Å²) in [4.78, 5) is 11.9. The number of halogens is 1. The number of aliphatic hydroxyl groups is 1. The van der Waals surface area contributed by atoms with Crippen molar-refractivity contribution in [3.8, 4) is 0 Å². The molecule has 2 atom stereocenters. The molecule has 0 bridgehead atoms. The first-order valence-electron chi connectivity index (χ1n) is 6.97. The van der Waals surface area contributed by atoms with E-state index in [9.17, 15) is 4.79 Å². The molecule has 0 saturated carbocycles. The largest absolute Gasteiger partial charge is 0.396 e. The van der Waals surface area contributed by atoms with Crippen LogP contribution in [0.5, 0.6) is 0 Å². The molecule has 5 heteroatoms. The SMILES string of the molecule is CCC(NC(=O)NCC(C)CCO)c1ccc(Cl)cc1. The molecule has 1 aromatic rings. The number of nitrogens with one attached hydrogen (secondary N) is 2. The molecule has 1 aromatic carbocycles. The van der Waals surface area contributed by atoms with Crippen LogP contribution in [0.1, 0.15) is 38.3 Å². The molecule has 0 spiro atoms. The van der Waals surface area contributed by atoms with Gasteiger partial charge in [-0.2, -0.15) is 0 Å². The highest BCUT2D eigenvalue weighted by molar-refractivity contribution is 6.30. The molecule has 0 radical (unpaired) electrons. The van der Waals surface area contributed by atoms with Gasteiger partial charge in [0.2, 0.25) is 0 Å². The normalized spacial score (nSPS) is 13.6. The van der Waals surface area contributed by atoms with Gasteiger partial charge in [-0.15, -0.1) is 0 Å². The number of carbonyl (C=O) groups is 1. The fraction of sp³-hybridized carbons (Fsp3) is 0.533. The zero-order chi connectivity index (χ0) is 15.0. The number of carbonyl (C=O) groups excluding carboxylic acids is 1. The molecule has 0 aliphatic rings. The maximum absolute atomic E-state index is 11.9. The first-order chi connectivity index (χ1) is 9.56. The van der Waals surface area contributed by atoms with Crippen molar-refractivity contribution in [3.05, 3.63) is 34.9 Å². The van der Waals surface area contributed by atoms with Crippen LogP contribution in [0.15, 0.2) is 24.3 Å². The second-order valence-electron chi connectivity index (χ2n) is 4.98. The molecule has 112 valence electrons. The van der Waals surface area contributed by atoms with Gasteiger partial charge >= 0.3 is 6.03 Å². The van der Waals surface area contributed by atoms with Crippen LogP contribution in [-0.4, -0.2) is 24.3 Å². The average molecular weight is 299 g/mol. The van der Waals surface area contributed by atoms with Crippen molar-refractivity contribution in [2.45, 2.75) is 32.7 Å². The lowest BCUT2D eigenvalue weighted by Crippen LogP contribution is -2.39. The van der Waals surface area contributed by atoms with Crippen molar-refractivity contribution in [1.29, 1.82) is 0 Å². The third-order valence-corrected chi connectivity index (χ3v) is 3.47. The molecule has 2 unspecified atom stereocenters. The van der Waals surface area contributed by atoms with Gasteiger partial charge in [0.25, 0.3) is 0 Å². The van der Waals surface area contributed by atoms with E-state index in [4.69, 9.17) is 16.7 Å². The summed E-state index contributed by atoms with van der Waals surface area (Å²) in [6.45, 7) is 4.72. The van der Waals surface area contributed by atoms with E-state index in [0.717, 1.165) is 12.0 Å². The number of aliphatic hydroxyl groups excluding tert-OH is 1. The molecule has 0 aromatic heterocycles. The molecule has 0 fully saturated rings. The van der Waals surface area contributed by atoms with E-state index < -0.39 is 0 Å². The Morgan fingerprint density at radius 2 is 2.00 bits per heavy atom. The number of benzene rings is 1. The first-order valence-corrected chi connectivity index (χ1v) is 7.35. The number of rotatable bonds is 7. The predicted octanol–water partition coefficient (Wildman–Crippen LogP) is 3.11. The van der Waals surface area contributed by atoms with Gasteiger partial charge in [-0.25, -0.2) is 4.79 Å². The van der Waals surface area contributed by atoms with Gasteiger partial charge < -0.3 is 15.7 Å². The van der Waals surface area contributed by atoms with Gasteiger partial charge in [0.05, 0.1) is 6.04 Å². The van der Waals surface area contributed by atoms with Crippen LogP contribution in [0.2, 0.25) is 5.02 Å². The van der Waals surface area contributed by atoms with Crippen molar-refractivity contribution >= 4 is 17.6 Å². The summed E-state index contributed by atoms with van der Waals surface area (Å²) < 4.78 is 0. The second kappa shape index (κ2) is 8.82. The van der Waals surface area contributed by atoms with Crippen molar-refractivity contribution in [2.75, 3.05) is 13.2 Å². The molecule has 0 aliphatic heterocycles. The third-order valence-electron chi connectivity index (χ3n) is 3.22. The Balaban J connectivity index is 2.47. The quantitative estimate of drug-likeness (QED) is 0.724. The standard InChI is InChI=1S/C15H23ClN2O2/c1-3-14(12-4-6-13(16)7-5-12)18-15(20)17-10-11(2)8-9-19/h4-7,11,14,19H,3,8-10H2,1-2H3,(H2,17,18,20). The zero-order valence-electron chi connectivity index (χ0n) is 12.0. The second-order valence-corrected chi connectivity index (χ2v) is 5.42. The van der Waals surface area contributed by atoms with Crippen LogP contribution in [0.25, 0.3) is 0 Å². The third kappa shape index (κ3) is 5.80. The number of hydrogen-bond donors (Lipinski definition) is 3. The van der Waals surface area contributed by atoms with Crippen LogP contribution in [0.4, 0.5) is 4.79 Å². The maximum atomic E-state index is 11.9. The minimum atomic E-state index is -0.184. The Bertz CT molecular complexity index is 409. The van der Waals surface area contributed by atoms with E-state index in [1.807, 2.05) is 38.1 Å². The fourth-order valence-corrected chi connectivity index (χ4v) is 2.04. The van der Waals surface area contributed by atoms with Crippen molar-refractivity contribution in [3.63, 3.8) is 0 Å². The van der Waals surface area contributed by atoms with E-state index >= 15 is 0 Å². The molecule has 0 saturated heterocycles. The highest BCUT2D eigenvalue weighted by atomic mass is 35.5. The van der Waals surface area contributed by atoms with Gasteiger partial charge in [-0.05, 0) is 36.5 Å². The zero-order valence-corrected chi connectivity index (χ0v) is 12.8. The van der Waals surface area contributed by atoms with Crippen LogP contribution in [0.3, 0.4) is 0 Å². The van der Waals surface area contributed by atoms with Crippen LogP contribution >= 0.6 is 11.6 Å². The Morgan fingerprint density at radius 1 is 1.35 bits per heavy atom. The van der Waals surface area contributed by atoms with E-state index in [-0.39, 0.29) is 24.6 Å². The monoisotopic (exact) mass is 298 g/mol. The van der Waals surface area contributed by atoms with Crippen LogP contribution in [-0.2, 0) is 0 Å².